The predicted octanol–water partition coefficient (Wildman–Crippen LogP) is -19.9. The third-order valence-electron chi connectivity index (χ3n) is 20.8. The molecule has 0 aromatic carbocycles. The van der Waals surface area contributed by atoms with Crippen molar-refractivity contribution in [2.24, 2.45) is 0 Å². The molecule has 9 aliphatic rings. The van der Waals surface area contributed by atoms with Gasteiger partial charge in [-0.2, -0.15) is 0 Å². The summed E-state index contributed by atoms with van der Waals surface area (Å²) in [7, 11) is 0. The summed E-state index contributed by atoms with van der Waals surface area (Å²) in [6.45, 7) is -5.56. The quantitative estimate of drug-likeness (QED) is 0.0318. The summed E-state index contributed by atoms with van der Waals surface area (Å²) in [6.07, 6.45) is -85.6. The van der Waals surface area contributed by atoms with Crippen molar-refractivity contribution in [3.05, 3.63) is 0 Å². The lowest BCUT2D eigenvalue weighted by molar-refractivity contribution is -0.407. The van der Waals surface area contributed by atoms with Gasteiger partial charge in [-0.1, -0.05) is 0 Å². The molecule has 0 saturated carbocycles. The number of amides is 5. The largest absolute Gasteiger partial charge is 0.394 e. The Kier molecular flexibility index (Phi) is 34.1. The fourth-order valence-corrected chi connectivity index (χ4v) is 14.9. The summed E-state index contributed by atoms with van der Waals surface area (Å²) in [5.74, 6) is -4.63. The predicted molar refractivity (Wildman–Crippen MR) is 355 cm³/mol. The maximum Gasteiger partial charge on any atom is 0.217 e. The molecule has 115 heavy (non-hydrogen) atoms. The zero-order chi connectivity index (χ0) is 84.8. The Morgan fingerprint density at radius 2 is 0.478 bits per heavy atom. The van der Waals surface area contributed by atoms with Crippen LogP contribution in [0.1, 0.15) is 34.6 Å². The SMILES string of the molecule is CC(=O)N[C@@H]1[C@@H](O)[C@H](O[C@@H]2O[C@H](CO)[C@@H](O[C@H]3O[C@H](CO[C@H]4O[C@H](CO)[C@@H](O)[C@H](O)[C@@H]4O[C@@H]4O[C@H](CO)[C@@H](O[C@@H]5O[C@H](CO)[C@H](O)[C@H](O)[C@H]5O)[C@H](O)[C@H]4NC(C)=O)[C@@H](O[C@@H]4O[C@H](CO)[C@@H](O)[C@H](O)[C@H]4NC(C)=O)[C@H](O[C@H]4O[C@H](CO)[C@@H](O)[C@H](O)[C@@H]4O[C@@H]4O[C@H](CO)[C@@H](O)[C@H](O)[C@H]4NC(C)=O)[C@@H]3O)[C@H](O)[C@H]2NC(C)=O)[C@@H](CO)O[C@H]1O. The lowest BCUT2D eigenvalue weighted by Crippen LogP contribution is -2.71. The van der Waals surface area contributed by atoms with Crippen LogP contribution in [0.4, 0.5) is 0 Å². The Balaban J connectivity index is 1.16. The molecule has 51 nitrogen and oxygen atoms in total. The van der Waals surface area contributed by atoms with E-state index in [0.29, 0.717) is 0 Å². The van der Waals surface area contributed by atoms with Crippen molar-refractivity contribution in [3.8, 4) is 0 Å². The molecule has 0 bridgehead atoms. The molecule has 9 rings (SSSR count). The van der Waals surface area contributed by atoms with E-state index in [-0.39, 0.29) is 0 Å². The lowest BCUT2D eigenvalue weighted by atomic mass is 9.93. The zero-order valence-electron chi connectivity index (χ0n) is 62.1. The van der Waals surface area contributed by atoms with Crippen LogP contribution in [0.15, 0.2) is 0 Å². The van der Waals surface area contributed by atoms with Gasteiger partial charge in [-0.15, -0.1) is 0 Å². The fraction of sp³-hybridized carbons (Fsp3) is 0.922. The molecule has 664 valence electrons. The van der Waals surface area contributed by atoms with E-state index in [0.717, 1.165) is 34.6 Å². The molecule has 9 fully saturated rings. The van der Waals surface area contributed by atoms with E-state index in [1.165, 1.54) is 0 Å². The van der Waals surface area contributed by atoms with Crippen LogP contribution in [0.5, 0.6) is 0 Å². The minimum atomic E-state index is -2.70. The van der Waals surface area contributed by atoms with Crippen molar-refractivity contribution < 1.29 is 227 Å². The number of hydrogen-bond acceptors (Lipinski definition) is 46. The summed E-state index contributed by atoms with van der Waals surface area (Å²) in [5, 5.41) is 281. The number of aliphatic hydroxyl groups is 24. The molecule has 0 aromatic heterocycles. The Morgan fingerprint density at radius 3 is 0.861 bits per heavy atom. The number of carbonyl (C=O) groups is 5. The van der Waals surface area contributed by atoms with Gasteiger partial charge in [-0.25, -0.2) is 0 Å². The van der Waals surface area contributed by atoms with Gasteiger partial charge in [0.05, 0.1) is 59.5 Å². The molecule has 29 N–H and O–H groups in total. The molecular formula is C64H107N5O46. The van der Waals surface area contributed by atoms with Gasteiger partial charge >= 0.3 is 0 Å². The van der Waals surface area contributed by atoms with E-state index in [2.05, 4.69) is 26.6 Å². The highest BCUT2D eigenvalue weighted by atomic mass is 16.8. The summed E-state index contributed by atoms with van der Waals surface area (Å²) in [5.41, 5.74) is 0. The maximum absolute atomic E-state index is 13.2. The first-order chi connectivity index (χ1) is 54.4. The van der Waals surface area contributed by atoms with E-state index in [1.807, 2.05) is 0 Å². The van der Waals surface area contributed by atoms with Crippen molar-refractivity contribution >= 4 is 29.5 Å². The van der Waals surface area contributed by atoms with Crippen LogP contribution >= 0.6 is 0 Å². The Morgan fingerprint density at radius 1 is 0.226 bits per heavy atom. The van der Waals surface area contributed by atoms with Crippen molar-refractivity contribution in [2.75, 3.05) is 59.5 Å². The van der Waals surface area contributed by atoms with Crippen molar-refractivity contribution in [2.45, 2.75) is 311 Å². The van der Waals surface area contributed by atoms with E-state index in [9.17, 15) is 147 Å². The number of ether oxygens (including phenoxy) is 17. The lowest BCUT2D eigenvalue weighted by Gasteiger charge is -2.52. The molecule has 51 heteroatoms. The van der Waals surface area contributed by atoms with Gasteiger partial charge in [0.2, 0.25) is 29.5 Å². The molecule has 45 atom stereocenters. The van der Waals surface area contributed by atoms with Crippen molar-refractivity contribution in [1.29, 1.82) is 0 Å². The number of carbonyl (C=O) groups excluding carboxylic acids is 5. The Hall–Kier alpha value is -4.29. The number of nitrogens with one attached hydrogen (secondary N) is 5. The highest BCUT2D eigenvalue weighted by Crippen LogP contribution is 2.41. The standard InChI is InChI=1S/C64H107N5O46/c1-15(78)65-29-41(90)49(25(11-75)100-56(29)98)109-59-32(68-18(4)81)42(91)51(27(13-77)106-59)111-62-48(97)53(113-64-55(46(95)38(87)24(10-74)105-64)115-58-31(67-17(3)80)40(89)35(84)21(7-71)102-58)52(112-57-30(66-16(2)79)39(88)34(83)20(6-70)101-57)28(108-62)14-99-63-54(45(94)37(86)23(9-73)104-63)114-60-33(69-19(5)82)43(92)50(26(12-76)107-60)110-61-47(96)44(93)36(85)22(8-72)103-61/h20-64,70-77,83-98H,6-14H2,1-5H3,(H,65,78)(H,66,79)(H,67,80)(H,68,81)(H,69,82)/t20-,21-,22-,23-,24-,25-,26-,27-,28-,29-,30-,31-,32-,33-,34-,35-,36+,37-,38-,39-,40-,41-,42-,43-,44+,45+,46+,47-,48+,49-,50-,51-,52-,53-,54+,55+,56-,57+,58+,59+,60+,61+,62-,63+,64-/m1/s1. The highest BCUT2D eigenvalue weighted by Gasteiger charge is 2.62. The normalized spacial score (nSPS) is 47.9. The van der Waals surface area contributed by atoms with Gasteiger partial charge in [0.1, 0.15) is 219 Å². The monoisotopic (exact) mass is 1680 g/mol. The van der Waals surface area contributed by atoms with E-state index in [4.69, 9.17) is 80.5 Å². The summed E-state index contributed by atoms with van der Waals surface area (Å²) < 4.78 is 103. The van der Waals surface area contributed by atoms with E-state index in [1.54, 1.807) is 0 Å². The molecule has 0 spiro atoms. The molecule has 0 radical (unpaired) electrons. The Labute approximate surface area is 651 Å². The number of hydrogen-bond donors (Lipinski definition) is 29. The minimum Gasteiger partial charge on any atom is -0.394 e. The molecule has 9 saturated heterocycles. The van der Waals surface area contributed by atoms with Crippen LogP contribution in [0.25, 0.3) is 0 Å². The average molecular weight is 1680 g/mol. The van der Waals surface area contributed by atoms with Gasteiger partial charge < -0.3 is 230 Å². The van der Waals surface area contributed by atoms with Crippen LogP contribution in [-0.2, 0) is 104 Å². The first-order valence-electron chi connectivity index (χ1n) is 36.6. The molecule has 0 aromatic rings. The summed E-state index contributed by atoms with van der Waals surface area (Å²) in [6, 6.07) is -9.48. The average Bonchev–Trinajstić information content (AvgIpc) is 0.761. The number of aliphatic hydroxyl groups excluding tert-OH is 24. The second kappa shape index (κ2) is 41.5. The molecule has 9 aliphatic heterocycles. The Bertz CT molecular complexity index is 3100. The first kappa shape index (κ1) is 94.6. The summed E-state index contributed by atoms with van der Waals surface area (Å²) in [4.78, 5) is 64.1. The van der Waals surface area contributed by atoms with Gasteiger partial charge in [-0.3, -0.25) is 24.0 Å². The maximum atomic E-state index is 13.2. The zero-order valence-corrected chi connectivity index (χ0v) is 62.1. The van der Waals surface area contributed by atoms with Crippen LogP contribution in [0.3, 0.4) is 0 Å². The van der Waals surface area contributed by atoms with Gasteiger partial charge in [-0.05, 0) is 0 Å². The van der Waals surface area contributed by atoms with Crippen LogP contribution in [-0.4, -0.2) is 488 Å². The molecule has 9 heterocycles. The topological polar surface area (TPSA) is 788 Å². The minimum absolute atomic E-state index is 0.805. The molecule has 0 unspecified atom stereocenters. The number of rotatable bonds is 30. The van der Waals surface area contributed by atoms with Gasteiger partial charge in [0.25, 0.3) is 0 Å². The smallest absolute Gasteiger partial charge is 0.217 e. The van der Waals surface area contributed by atoms with Gasteiger partial charge in [0, 0.05) is 34.6 Å². The third-order valence-corrected chi connectivity index (χ3v) is 20.8. The highest BCUT2D eigenvalue weighted by molar-refractivity contribution is 5.75. The van der Waals surface area contributed by atoms with Crippen LogP contribution in [0.2, 0.25) is 0 Å². The second-order valence-electron chi connectivity index (χ2n) is 28.9. The van der Waals surface area contributed by atoms with E-state index < -0.39 is 365 Å². The first-order valence-corrected chi connectivity index (χ1v) is 36.6. The summed E-state index contributed by atoms with van der Waals surface area (Å²) >= 11 is 0. The van der Waals surface area contributed by atoms with Crippen molar-refractivity contribution in [1.82, 2.24) is 26.6 Å². The van der Waals surface area contributed by atoms with Gasteiger partial charge in [0.15, 0.2) is 56.6 Å². The van der Waals surface area contributed by atoms with Crippen LogP contribution in [0, 0.1) is 0 Å². The molecule has 5 amide bonds. The van der Waals surface area contributed by atoms with Crippen molar-refractivity contribution in [3.63, 3.8) is 0 Å². The third kappa shape index (κ3) is 21.3. The second-order valence-corrected chi connectivity index (χ2v) is 28.9. The molecular weight excluding hydrogens is 1570 g/mol. The van der Waals surface area contributed by atoms with Crippen LogP contribution < -0.4 is 26.6 Å². The van der Waals surface area contributed by atoms with E-state index >= 15 is 0 Å². The fourth-order valence-electron chi connectivity index (χ4n) is 14.9. The molecule has 0 aliphatic carbocycles.